The van der Waals surface area contributed by atoms with Crippen LogP contribution in [0.5, 0.6) is 0 Å². The fraction of sp³-hybridized carbons (Fsp3) is 0.143. The molecule has 4 nitrogen and oxygen atoms in total. The predicted molar refractivity (Wildman–Crippen MR) is 84.2 cm³/mol. The van der Waals surface area contributed by atoms with Crippen LogP contribution in [0.4, 0.5) is 5.82 Å². The quantitative estimate of drug-likeness (QED) is 0.726. The van der Waals surface area contributed by atoms with Crippen LogP contribution in [0.15, 0.2) is 42.9 Å². The first-order chi connectivity index (χ1) is 9.22. The number of nitrogens with zero attached hydrogens (tertiary/aromatic N) is 3. The molecule has 5 heteroatoms. The first kappa shape index (κ1) is 12.4. The average molecular weight is 364 g/mol. The molecule has 0 aliphatic rings. The van der Waals surface area contributed by atoms with Gasteiger partial charge in [0.2, 0.25) is 0 Å². The van der Waals surface area contributed by atoms with E-state index < -0.39 is 0 Å². The molecular weight excluding hydrogens is 351 g/mol. The van der Waals surface area contributed by atoms with E-state index in [4.69, 9.17) is 0 Å². The smallest absolute Gasteiger partial charge is 0.180 e. The molecular formula is C14H13IN4. The monoisotopic (exact) mass is 364 g/mol. The molecule has 0 saturated heterocycles. The number of benzene rings is 1. The SMILES string of the molecule is Cc1cccc(CNc2nc(I)cn3ccnc23)c1. The van der Waals surface area contributed by atoms with Gasteiger partial charge in [0.05, 0.1) is 0 Å². The number of aromatic nitrogens is 3. The van der Waals surface area contributed by atoms with Crippen molar-refractivity contribution < 1.29 is 0 Å². The highest BCUT2D eigenvalue weighted by Crippen LogP contribution is 2.16. The highest BCUT2D eigenvalue weighted by Gasteiger charge is 2.05. The Bertz CT molecular complexity index is 720. The van der Waals surface area contributed by atoms with Crippen molar-refractivity contribution in [3.8, 4) is 0 Å². The Balaban J connectivity index is 1.87. The number of aryl methyl sites for hydroxylation is 1. The topological polar surface area (TPSA) is 42.2 Å². The van der Waals surface area contributed by atoms with Gasteiger partial charge in [-0.05, 0) is 35.1 Å². The van der Waals surface area contributed by atoms with Gasteiger partial charge in [-0.15, -0.1) is 0 Å². The third-order valence-corrected chi connectivity index (χ3v) is 3.41. The third-order valence-electron chi connectivity index (χ3n) is 2.89. The van der Waals surface area contributed by atoms with E-state index in [0.717, 1.165) is 21.7 Å². The maximum atomic E-state index is 4.50. The molecule has 0 saturated carbocycles. The molecule has 0 aliphatic heterocycles. The Morgan fingerprint density at radius 3 is 3.11 bits per heavy atom. The summed E-state index contributed by atoms with van der Waals surface area (Å²) >= 11 is 2.21. The van der Waals surface area contributed by atoms with Crippen molar-refractivity contribution >= 4 is 34.1 Å². The molecule has 0 fully saturated rings. The Kier molecular flexibility index (Phi) is 3.37. The molecule has 19 heavy (non-hydrogen) atoms. The van der Waals surface area contributed by atoms with Crippen LogP contribution in [0.1, 0.15) is 11.1 Å². The molecule has 96 valence electrons. The predicted octanol–water partition coefficient (Wildman–Crippen LogP) is 3.25. The van der Waals surface area contributed by atoms with Crippen molar-refractivity contribution in [3.05, 3.63) is 57.7 Å². The third kappa shape index (κ3) is 2.70. The Labute approximate surface area is 125 Å². The van der Waals surface area contributed by atoms with Gasteiger partial charge in [-0.1, -0.05) is 29.8 Å². The van der Waals surface area contributed by atoms with Crippen LogP contribution in [0, 0.1) is 10.6 Å². The molecule has 0 radical (unpaired) electrons. The van der Waals surface area contributed by atoms with Gasteiger partial charge in [0, 0.05) is 25.1 Å². The summed E-state index contributed by atoms with van der Waals surface area (Å²) in [5, 5.41) is 3.36. The minimum Gasteiger partial charge on any atom is -0.363 e. The van der Waals surface area contributed by atoms with Gasteiger partial charge in [-0.25, -0.2) is 9.97 Å². The zero-order valence-corrected chi connectivity index (χ0v) is 12.6. The average Bonchev–Trinajstić information content (AvgIpc) is 2.84. The van der Waals surface area contributed by atoms with E-state index in [2.05, 4.69) is 69.1 Å². The molecule has 0 amide bonds. The van der Waals surface area contributed by atoms with E-state index in [1.807, 2.05) is 16.8 Å². The zero-order valence-electron chi connectivity index (χ0n) is 10.5. The molecule has 1 N–H and O–H groups in total. The number of anilines is 1. The van der Waals surface area contributed by atoms with Gasteiger partial charge in [-0.2, -0.15) is 0 Å². The molecule has 0 atom stereocenters. The lowest BCUT2D eigenvalue weighted by Crippen LogP contribution is -2.05. The maximum Gasteiger partial charge on any atom is 0.180 e. The normalized spacial score (nSPS) is 10.8. The van der Waals surface area contributed by atoms with Gasteiger partial charge < -0.3 is 9.72 Å². The minimum atomic E-state index is 0.747. The molecule has 2 aromatic heterocycles. The largest absolute Gasteiger partial charge is 0.363 e. The van der Waals surface area contributed by atoms with Crippen molar-refractivity contribution in [2.75, 3.05) is 5.32 Å². The molecule has 0 unspecified atom stereocenters. The zero-order chi connectivity index (χ0) is 13.2. The number of hydrogen-bond donors (Lipinski definition) is 1. The van der Waals surface area contributed by atoms with Crippen LogP contribution in [0.3, 0.4) is 0 Å². The summed E-state index contributed by atoms with van der Waals surface area (Å²) < 4.78 is 2.92. The Hall–Kier alpha value is -1.63. The lowest BCUT2D eigenvalue weighted by atomic mass is 10.1. The number of fused-ring (bicyclic) bond motifs is 1. The van der Waals surface area contributed by atoms with Crippen molar-refractivity contribution in [2.45, 2.75) is 13.5 Å². The van der Waals surface area contributed by atoms with Gasteiger partial charge >= 0.3 is 0 Å². The van der Waals surface area contributed by atoms with Gasteiger partial charge in [0.15, 0.2) is 11.5 Å². The Morgan fingerprint density at radius 2 is 2.26 bits per heavy atom. The van der Waals surface area contributed by atoms with Crippen molar-refractivity contribution in [3.63, 3.8) is 0 Å². The molecule has 3 rings (SSSR count). The van der Waals surface area contributed by atoms with Crippen molar-refractivity contribution in [2.24, 2.45) is 0 Å². The van der Waals surface area contributed by atoms with Gasteiger partial charge in [-0.3, -0.25) is 0 Å². The summed E-state index contributed by atoms with van der Waals surface area (Å²) in [6, 6.07) is 8.44. The van der Waals surface area contributed by atoms with Crippen molar-refractivity contribution in [1.29, 1.82) is 0 Å². The van der Waals surface area contributed by atoms with E-state index in [1.54, 1.807) is 6.20 Å². The fourth-order valence-electron chi connectivity index (χ4n) is 2.03. The van der Waals surface area contributed by atoms with Crippen LogP contribution in [-0.2, 0) is 6.54 Å². The molecule has 2 heterocycles. The number of nitrogens with one attached hydrogen (secondary N) is 1. The summed E-state index contributed by atoms with van der Waals surface area (Å²) in [5.74, 6) is 0.818. The second-order valence-electron chi connectivity index (χ2n) is 4.41. The van der Waals surface area contributed by atoms with Crippen LogP contribution < -0.4 is 5.32 Å². The molecule has 1 aromatic carbocycles. The van der Waals surface area contributed by atoms with Crippen LogP contribution in [-0.4, -0.2) is 14.4 Å². The minimum absolute atomic E-state index is 0.747. The number of halogens is 1. The maximum absolute atomic E-state index is 4.50. The van der Waals surface area contributed by atoms with Crippen LogP contribution in [0.2, 0.25) is 0 Å². The second kappa shape index (κ2) is 5.16. The van der Waals surface area contributed by atoms with Crippen molar-refractivity contribution in [1.82, 2.24) is 14.4 Å². The first-order valence-electron chi connectivity index (χ1n) is 6.01. The molecule has 0 aliphatic carbocycles. The van der Waals surface area contributed by atoms with Gasteiger partial charge in [0.25, 0.3) is 0 Å². The summed E-state index contributed by atoms with van der Waals surface area (Å²) in [5.41, 5.74) is 3.36. The first-order valence-corrected chi connectivity index (χ1v) is 7.09. The van der Waals surface area contributed by atoms with E-state index in [0.29, 0.717) is 0 Å². The molecule has 0 bridgehead atoms. The van der Waals surface area contributed by atoms with Crippen LogP contribution >= 0.6 is 22.6 Å². The summed E-state index contributed by atoms with van der Waals surface area (Å²) in [6.45, 7) is 2.84. The number of hydrogen-bond acceptors (Lipinski definition) is 3. The number of imidazole rings is 1. The summed E-state index contributed by atoms with van der Waals surface area (Å²) in [7, 11) is 0. The highest BCUT2D eigenvalue weighted by molar-refractivity contribution is 14.1. The van der Waals surface area contributed by atoms with E-state index in [-0.39, 0.29) is 0 Å². The molecule has 0 spiro atoms. The lowest BCUT2D eigenvalue weighted by Gasteiger charge is -2.08. The van der Waals surface area contributed by atoms with E-state index in [9.17, 15) is 0 Å². The second-order valence-corrected chi connectivity index (χ2v) is 5.52. The highest BCUT2D eigenvalue weighted by atomic mass is 127. The lowest BCUT2D eigenvalue weighted by molar-refractivity contribution is 1.05. The van der Waals surface area contributed by atoms with E-state index >= 15 is 0 Å². The fourth-order valence-corrected chi connectivity index (χ4v) is 2.57. The Morgan fingerprint density at radius 1 is 1.37 bits per heavy atom. The standard InChI is InChI=1S/C14H13IN4/c1-10-3-2-4-11(7-10)8-17-13-14-16-5-6-19(14)9-12(15)18-13/h2-7,9H,8H2,1H3,(H,17,18). The number of rotatable bonds is 3. The van der Waals surface area contributed by atoms with Gasteiger partial charge in [0.1, 0.15) is 3.70 Å². The van der Waals surface area contributed by atoms with E-state index in [1.165, 1.54) is 11.1 Å². The summed E-state index contributed by atoms with van der Waals surface area (Å²) in [4.78, 5) is 8.83. The summed E-state index contributed by atoms with van der Waals surface area (Å²) in [6.07, 6.45) is 5.67. The van der Waals surface area contributed by atoms with Crippen LogP contribution in [0.25, 0.3) is 5.65 Å². The molecule has 3 aromatic rings.